The molecule has 0 aliphatic rings. The first-order chi connectivity index (χ1) is 9.06. The van der Waals surface area contributed by atoms with E-state index in [0.717, 1.165) is 16.3 Å². The third kappa shape index (κ3) is 3.40. The summed E-state index contributed by atoms with van der Waals surface area (Å²) in [6.07, 6.45) is 2.29. The zero-order chi connectivity index (χ0) is 13.9. The molecule has 1 unspecified atom stereocenters. The Morgan fingerprint density at radius 1 is 1.47 bits per heavy atom. The van der Waals surface area contributed by atoms with Gasteiger partial charge in [0.1, 0.15) is 9.22 Å². The van der Waals surface area contributed by atoms with Crippen LogP contribution in [-0.2, 0) is 16.6 Å². The van der Waals surface area contributed by atoms with Crippen molar-refractivity contribution in [3.63, 3.8) is 0 Å². The Balaban J connectivity index is 2.20. The molecule has 104 valence electrons. The summed E-state index contributed by atoms with van der Waals surface area (Å²) in [5, 5.41) is 11.6. The first-order valence-electron chi connectivity index (χ1n) is 5.68. The highest BCUT2D eigenvalue weighted by Crippen LogP contribution is 2.25. The van der Waals surface area contributed by atoms with Crippen molar-refractivity contribution in [2.24, 2.45) is 0 Å². The Hall–Kier alpha value is -0.800. The fourth-order valence-electron chi connectivity index (χ4n) is 1.55. The van der Waals surface area contributed by atoms with Gasteiger partial charge in [-0.1, -0.05) is 6.92 Å². The second-order valence-electron chi connectivity index (χ2n) is 3.83. The predicted molar refractivity (Wildman–Crippen MR) is 75.7 cm³/mol. The van der Waals surface area contributed by atoms with Crippen molar-refractivity contribution in [3.8, 4) is 0 Å². The number of aromatic nitrogens is 1. The lowest BCUT2D eigenvalue weighted by atomic mass is 10.3. The summed E-state index contributed by atoms with van der Waals surface area (Å²) in [5.74, 6) is 0. The summed E-state index contributed by atoms with van der Waals surface area (Å²) in [7, 11) is -3.56. The normalized spacial score (nSPS) is 13.6. The largest absolute Gasteiger partial charge is 0.391 e. The molecule has 0 aromatic carbocycles. The second kappa shape index (κ2) is 6.10. The van der Waals surface area contributed by atoms with E-state index in [9.17, 15) is 8.42 Å². The number of hydrogen-bond acceptors (Lipinski definition) is 6. The quantitative estimate of drug-likeness (QED) is 0.855. The zero-order valence-corrected chi connectivity index (χ0v) is 12.7. The first kappa shape index (κ1) is 14.6. The van der Waals surface area contributed by atoms with Crippen LogP contribution in [0.2, 0.25) is 0 Å². The van der Waals surface area contributed by atoms with Crippen LogP contribution < -0.4 is 4.72 Å². The standard InChI is InChI=1S/C11H14N2O3S3/c1-2-9(11-12-5-6-17-11)13-19(15,16)10-4-3-8(7-14)18-10/h3-6,9,13-14H,2,7H2,1H3. The second-order valence-corrected chi connectivity index (χ2v) is 7.87. The Labute approximate surface area is 120 Å². The molecular weight excluding hydrogens is 304 g/mol. The van der Waals surface area contributed by atoms with Gasteiger partial charge in [-0.15, -0.1) is 22.7 Å². The molecule has 0 saturated carbocycles. The molecule has 8 heteroatoms. The number of thiophene rings is 1. The topological polar surface area (TPSA) is 79.3 Å². The number of nitrogens with one attached hydrogen (secondary N) is 1. The third-order valence-corrected chi connectivity index (χ3v) is 6.44. The molecule has 0 saturated heterocycles. The van der Waals surface area contributed by atoms with E-state index < -0.39 is 10.0 Å². The summed E-state index contributed by atoms with van der Waals surface area (Å²) in [6, 6.07) is 2.81. The van der Waals surface area contributed by atoms with Crippen molar-refractivity contribution in [2.75, 3.05) is 0 Å². The third-order valence-electron chi connectivity index (χ3n) is 2.51. The molecule has 2 aromatic rings. The van der Waals surface area contributed by atoms with E-state index in [1.54, 1.807) is 12.3 Å². The summed E-state index contributed by atoms with van der Waals surface area (Å²) >= 11 is 2.50. The van der Waals surface area contributed by atoms with Crippen LogP contribution in [0, 0.1) is 0 Å². The summed E-state index contributed by atoms with van der Waals surface area (Å²) in [6.45, 7) is 1.76. The molecule has 0 amide bonds. The number of rotatable bonds is 6. The maximum absolute atomic E-state index is 12.2. The SMILES string of the molecule is CCC(NS(=O)(=O)c1ccc(CO)s1)c1nccs1. The maximum atomic E-state index is 12.2. The van der Waals surface area contributed by atoms with E-state index in [1.807, 2.05) is 12.3 Å². The van der Waals surface area contributed by atoms with Crippen LogP contribution >= 0.6 is 22.7 Å². The molecule has 0 fully saturated rings. The van der Waals surface area contributed by atoms with E-state index in [0.29, 0.717) is 11.3 Å². The zero-order valence-electron chi connectivity index (χ0n) is 10.2. The number of nitrogens with zero attached hydrogens (tertiary/aromatic N) is 1. The lowest BCUT2D eigenvalue weighted by molar-refractivity contribution is 0.285. The highest BCUT2D eigenvalue weighted by atomic mass is 32.2. The van der Waals surface area contributed by atoms with Crippen LogP contribution in [0.15, 0.2) is 27.9 Å². The maximum Gasteiger partial charge on any atom is 0.250 e. The number of hydrogen-bond donors (Lipinski definition) is 2. The highest BCUT2D eigenvalue weighted by Gasteiger charge is 2.23. The molecule has 0 aliphatic heterocycles. The molecule has 0 spiro atoms. The van der Waals surface area contributed by atoms with Gasteiger partial charge in [0.15, 0.2) is 0 Å². The van der Waals surface area contributed by atoms with Gasteiger partial charge in [-0.05, 0) is 18.6 Å². The monoisotopic (exact) mass is 318 g/mol. The summed E-state index contributed by atoms with van der Waals surface area (Å²) < 4.78 is 27.3. The van der Waals surface area contributed by atoms with Crippen molar-refractivity contribution in [2.45, 2.75) is 30.2 Å². The summed E-state index contributed by atoms with van der Waals surface area (Å²) in [4.78, 5) is 4.77. The fraction of sp³-hybridized carbons (Fsp3) is 0.364. The Bertz CT molecular complexity index is 619. The van der Waals surface area contributed by atoms with Gasteiger partial charge in [0.2, 0.25) is 0 Å². The lowest BCUT2D eigenvalue weighted by Crippen LogP contribution is -2.27. The Kier molecular flexibility index (Phi) is 4.69. The minimum atomic E-state index is -3.56. The van der Waals surface area contributed by atoms with Crippen LogP contribution in [0.4, 0.5) is 0 Å². The Morgan fingerprint density at radius 2 is 2.26 bits per heavy atom. The molecule has 0 radical (unpaired) electrons. The van der Waals surface area contributed by atoms with Gasteiger partial charge in [-0.25, -0.2) is 18.1 Å². The van der Waals surface area contributed by atoms with Crippen molar-refractivity contribution in [3.05, 3.63) is 33.6 Å². The smallest absolute Gasteiger partial charge is 0.250 e. The molecule has 2 N–H and O–H groups in total. The van der Waals surface area contributed by atoms with Crippen LogP contribution in [0.5, 0.6) is 0 Å². The highest BCUT2D eigenvalue weighted by molar-refractivity contribution is 7.91. The summed E-state index contributed by atoms with van der Waals surface area (Å²) in [5.41, 5.74) is 0. The number of aliphatic hydroxyl groups excluding tert-OH is 1. The van der Waals surface area contributed by atoms with Gasteiger partial charge in [0, 0.05) is 16.5 Å². The molecule has 0 aliphatic carbocycles. The molecule has 2 aromatic heterocycles. The molecular formula is C11H14N2O3S3. The Morgan fingerprint density at radius 3 is 2.79 bits per heavy atom. The lowest BCUT2D eigenvalue weighted by Gasteiger charge is -2.13. The predicted octanol–water partition coefficient (Wildman–Crippen LogP) is 2.13. The van der Waals surface area contributed by atoms with E-state index in [-0.39, 0.29) is 16.9 Å². The van der Waals surface area contributed by atoms with Gasteiger partial charge in [0.25, 0.3) is 10.0 Å². The average molecular weight is 318 g/mol. The molecule has 2 rings (SSSR count). The van der Waals surface area contributed by atoms with Crippen molar-refractivity contribution in [1.29, 1.82) is 0 Å². The number of sulfonamides is 1. The fourth-order valence-corrected chi connectivity index (χ4v) is 4.91. The number of thiazole rings is 1. The van der Waals surface area contributed by atoms with Crippen molar-refractivity contribution in [1.82, 2.24) is 9.71 Å². The number of aliphatic hydroxyl groups is 1. The van der Waals surface area contributed by atoms with Crippen molar-refractivity contribution < 1.29 is 13.5 Å². The van der Waals surface area contributed by atoms with Crippen LogP contribution in [0.3, 0.4) is 0 Å². The van der Waals surface area contributed by atoms with E-state index in [4.69, 9.17) is 5.11 Å². The minimum Gasteiger partial charge on any atom is -0.391 e. The van der Waals surface area contributed by atoms with Crippen LogP contribution in [-0.4, -0.2) is 18.5 Å². The minimum absolute atomic E-state index is 0.149. The molecule has 19 heavy (non-hydrogen) atoms. The molecule has 2 heterocycles. The van der Waals surface area contributed by atoms with Gasteiger partial charge < -0.3 is 5.11 Å². The molecule has 0 bridgehead atoms. The molecule has 1 atom stereocenters. The van der Waals surface area contributed by atoms with Crippen LogP contribution in [0.1, 0.15) is 29.3 Å². The van der Waals surface area contributed by atoms with Gasteiger partial charge in [0.05, 0.1) is 12.6 Å². The van der Waals surface area contributed by atoms with Gasteiger partial charge >= 0.3 is 0 Å². The first-order valence-corrected chi connectivity index (χ1v) is 8.86. The average Bonchev–Trinajstić information content (AvgIpc) is 3.06. The van der Waals surface area contributed by atoms with Gasteiger partial charge in [-0.3, -0.25) is 0 Å². The molecule has 5 nitrogen and oxygen atoms in total. The van der Waals surface area contributed by atoms with E-state index >= 15 is 0 Å². The van der Waals surface area contributed by atoms with E-state index in [1.165, 1.54) is 17.4 Å². The van der Waals surface area contributed by atoms with Crippen LogP contribution in [0.25, 0.3) is 0 Å². The van der Waals surface area contributed by atoms with E-state index in [2.05, 4.69) is 9.71 Å². The van der Waals surface area contributed by atoms with Crippen molar-refractivity contribution >= 4 is 32.7 Å². The van der Waals surface area contributed by atoms with Gasteiger partial charge in [-0.2, -0.15) is 0 Å².